The molecule has 8 heteroatoms. The van der Waals surface area contributed by atoms with Crippen LogP contribution in [-0.2, 0) is 27.3 Å². The molecule has 0 saturated heterocycles. The predicted octanol–water partition coefficient (Wildman–Crippen LogP) is 3.17. The van der Waals surface area contributed by atoms with E-state index in [-0.39, 0.29) is 17.8 Å². The van der Waals surface area contributed by atoms with Gasteiger partial charge in [-0.2, -0.15) is 0 Å². The Morgan fingerprint density at radius 3 is 3.04 bits per heavy atom. The Kier molecular flexibility index (Phi) is 5.57. The van der Waals surface area contributed by atoms with E-state index >= 15 is 0 Å². The van der Waals surface area contributed by atoms with E-state index in [1.807, 2.05) is 0 Å². The van der Waals surface area contributed by atoms with E-state index in [0.29, 0.717) is 24.2 Å². The van der Waals surface area contributed by atoms with Crippen LogP contribution < -0.4 is 5.73 Å². The van der Waals surface area contributed by atoms with Crippen molar-refractivity contribution in [3.05, 3.63) is 10.4 Å². The number of thioether (sulfide) groups is 1. The third kappa shape index (κ3) is 3.65. The number of hydrogen-bond donors (Lipinski definition) is 1. The first-order chi connectivity index (χ1) is 11.6. The highest BCUT2D eigenvalue weighted by atomic mass is 32.2. The number of nitrogens with zero attached hydrogens (tertiary/aromatic N) is 2. The minimum Gasteiger partial charge on any atom is -0.465 e. The monoisotopic (exact) mass is 367 g/mol. The van der Waals surface area contributed by atoms with Crippen molar-refractivity contribution < 1.29 is 14.3 Å². The molecule has 0 fully saturated rings. The molecule has 1 aliphatic heterocycles. The number of nitrogens with two attached hydrogens (primary N) is 1. The smallest absolute Gasteiger partial charge is 0.316 e. The zero-order chi connectivity index (χ0) is 17.1. The highest BCUT2D eigenvalue weighted by molar-refractivity contribution is 7.99. The Hall–Kier alpha value is -1.38. The summed E-state index contributed by atoms with van der Waals surface area (Å²) < 4.78 is 10.8. The largest absolute Gasteiger partial charge is 0.465 e. The van der Waals surface area contributed by atoms with Crippen molar-refractivity contribution in [3.63, 3.8) is 0 Å². The first kappa shape index (κ1) is 17.4. The highest BCUT2D eigenvalue weighted by Gasteiger charge is 2.25. The van der Waals surface area contributed by atoms with Crippen molar-refractivity contribution in [2.24, 2.45) is 0 Å². The first-order valence-electron chi connectivity index (χ1n) is 8.10. The quantitative estimate of drug-likeness (QED) is 0.476. The molecule has 24 heavy (non-hydrogen) atoms. The number of aromatic nitrogens is 2. The van der Waals surface area contributed by atoms with Crippen LogP contribution in [0.15, 0.2) is 5.16 Å². The lowest BCUT2D eigenvalue weighted by Gasteiger charge is -2.22. The van der Waals surface area contributed by atoms with Gasteiger partial charge in [-0.25, -0.2) is 9.97 Å². The fraction of sp³-hybridized carbons (Fsp3) is 0.562. The molecule has 1 unspecified atom stereocenters. The zero-order valence-electron chi connectivity index (χ0n) is 13.8. The summed E-state index contributed by atoms with van der Waals surface area (Å²) in [6.45, 7) is 4.94. The number of carbonyl (C=O) groups excluding carboxylic acids is 1. The Morgan fingerprint density at radius 2 is 2.29 bits per heavy atom. The lowest BCUT2D eigenvalue weighted by atomic mass is 10.0. The third-order valence-electron chi connectivity index (χ3n) is 3.86. The molecule has 1 aliphatic rings. The summed E-state index contributed by atoms with van der Waals surface area (Å²) in [6, 6.07) is 0. The minimum atomic E-state index is -0.272. The summed E-state index contributed by atoms with van der Waals surface area (Å²) >= 11 is 2.86. The molecular weight excluding hydrogens is 346 g/mol. The fourth-order valence-electron chi connectivity index (χ4n) is 2.82. The van der Waals surface area contributed by atoms with Crippen molar-refractivity contribution in [1.29, 1.82) is 0 Å². The van der Waals surface area contributed by atoms with Crippen LogP contribution in [0.4, 0.5) is 5.82 Å². The van der Waals surface area contributed by atoms with Gasteiger partial charge in [0.2, 0.25) is 0 Å². The average molecular weight is 367 g/mol. The Labute approximate surface area is 149 Å². The number of hydrogen-bond acceptors (Lipinski definition) is 8. The number of thiophene rings is 1. The molecule has 3 heterocycles. The maximum atomic E-state index is 11.5. The van der Waals surface area contributed by atoms with Crippen LogP contribution in [0.25, 0.3) is 10.2 Å². The Bertz CT molecular complexity index is 748. The van der Waals surface area contributed by atoms with Crippen LogP contribution in [-0.4, -0.2) is 34.4 Å². The summed E-state index contributed by atoms with van der Waals surface area (Å²) in [6.07, 6.45) is 3.26. The number of nitrogen functional groups attached to an aromatic ring is 1. The molecule has 0 spiro atoms. The van der Waals surface area contributed by atoms with E-state index in [1.54, 1.807) is 18.3 Å². The standard InChI is InChI=1S/C16H21N3O3S2/c1-3-5-9-6-10-11(7-22-9)24-15-13(10)14(17)18-16(19-15)23-8-12(20)21-4-2/h9H,3-8H2,1-2H3,(H2,17,18,19). The van der Waals surface area contributed by atoms with Crippen LogP contribution in [0.3, 0.4) is 0 Å². The summed E-state index contributed by atoms with van der Waals surface area (Å²) in [5.41, 5.74) is 7.43. The molecule has 2 N–H and O–H groups in total. The number of carbonyl (C=O) groups is 1. The molecule has 0 amide bonds. The van der Waals surface area contributed by atoms with Crippen LogP contribution in [0.5, 0.6) is 0 Å². The summed E-state index contributed by atoms with van der Waals surface area (Å²) in [7, 11) is 0. The topological polar surface area (TPSA) is 87.3 Å². The maximum absolute atomic E-state index is 11.5. The van der Waals surface area contributed by atoms with Gasteiger partial charge in [-0.1, -0.05) is 25.1 Å². The second-order valence-corrected chi connectivity index (χ2v) is 7.62. The molecular formula is C16H21N3O3S2. The van der Waals surface area contributed by atoms with Crippen molar-refractivity contribution in [2.75, 3.05) is 18.1 Å². The molecule has 6 nitrogen and oxygen atoms in total. The number of rotatable bonds is 6. The summed E-state index contributed by atoms with van der Waals surface area (Å²) in [5, 5.41) is 1.47. The van der Waals surface area contributed by atoms with Crippen LogP contribution in [0.2, 0.25) is 0 Å². The van der Waals surface area contributed by atoms with Gasteiger partial charge < -0.3 is 15.2 Å². The van der Waals surface area contributed by atoms with Gasteiger partial charge in [-0.05, 0) is 18.9 Å². The van der Waals surface area contributed by atoms with Gasteiger partial charge in [-0.15, -0.1) is 11.3 Å². The molecule has 2 aromatic rings. The predicted molar refractivity (Wildman–Crippen MR) is 96.4 cm³/mol. The maximum Gasteiger partial charge on any atom is 0.316 e. The van der Waals surface area contributed by atoms with Gasteiger partial charge in [0.1, 0.15) is 10.6 Å². The Balaban J connectivity index is 1.84. The number of esters is 1. The van der Waals surface area contributed by atoms with Crippen molar-refractivity contribution >= 4 is 45.1 Å². The second-order valence-electron chi connectivity index (χ2n) is 5.59. The molecule has 0 saturated carbocycles. The van der Waals surface area contributed by atoms with Gasteiger partial charge in [0.25, 0.3) is 0 Å². The molecule has 0 aromatic carbocycles. The first-order valence-corrected chi connectivity index (χ1v) is 9.90. The molecule has 1 atom stereocenters. The SMILES string of the molecule is CCCC1Cc2c(sc3nc(SCC(=O)OCC)nc(N)c23)CO1. The Morgan fingerprint density at radius 1 is 1.46 bits per heavy atom. The fourth-order valence-corrected chi connectivity index (χ4v) is 4.66. The van der Waals surface area contributed by atoms with Crippen LogP contribution in [0, 0.1) is 0 Å². The van der Waals surface area contributed by atoms with Crippen molar-refractivity contribution in [2.45, 2.75) is 51.0 Å². The highest BCUT2D eigenvalue weighted by Crippen LogP contribution is 2.38. The lowest BCUT2D eigenvalue weighted by molar-refractivity contribution is -0.139. The van der Waals surface area contributed by atoms with E-state index in [2.05, 4.69) is 16.9 Å². The van der Waals surface area contributed by atoms with Gasteiger partial charge in [0.15, 0.2) is 5.16 Å². The zero-order valence-corrected chi connectivity index (χ0v) is 15.5. The second kappa shape index (κ2) is 7.67. The number of ether oxygens (including phenoxy) is 2. The van der Waals surface area contributed by atoms with E-state index in [1.165, 1.54) is 22.2 Å². The van der Waals surface area contributed by atoms with Gasteiger partial charge >= 0.3 is 5.97 Å². The van der Waals surface area contributed by atoms with Gasteiger partial charge in [0, 0.05) is 11.3 Å². The van der Waals surface area contributed by atoms with Crippen molar-refractivity contribution in [3.8, 4) is 0 Å². The number of anilines is 1. The van der Waals surface area contributed by atoms with Gasteiger partial charge in [-0.3, -0.25) is 4.79 Å². The normalized spacial score (nSPS) is 17.0. The van der Waals surface area contributed by atoms with Crippen molar-refractivity contribution in [1.82, 2.24) is 9.97 Å². The lowest BCUT2D eigenvalue weighted by Crippen LogP contribution is -2.21. The summed E-state index contributed by atoms with van der Waals surface area (Å²) in [5.74, 6) is 0.401. The molecule has 0 bridgehead atoms. The molecule has 0 radical (unpaired) electrons. The van der Waals surface area contributed by atoms with E-state index in [9.17, 15) is 4.79 Å². The molecule has 3 rings (SSSR count). The van der Waals surface area contributed by atoms with Crippen LogP contribution >= 0.6 is 23.1 Å². The minimum absolute atomic E-state index is 0.186. The third-order valence-corrected chi connectivity index (χ3v) is 5.78. The van der Waals surface area contributed by atoms with Gasteiger partial charge in [0.05, 0.1) is 30.5 Å². The summed E-state index contributed by atoms with van der Waals surface area (Å²) in [4.78, 5) is 22.5. The number of fused-ring (bicyclic) bond motifs is 3. The van der Waals surface area contributed by atoms with E-state index < -0.39 is 0 Å². The van der Waals surface area contributed by atoms with E-state index in [0.717, 1.165) is 29.5 Å². The average Bonchev–Trinajstić information content (AvgIpc) is 2.91. The van der Waals surface area contributed by atoms with Crippen LogP contribution in [0.1, 0.15) is 37.1 Å². The molecule has 0 aliphatic carbocycles. The van der Waals surface area contributed by atoms with E-state index in [4.69, 9.17) is 15.2 Å². The molecule has 130 valence electrons. The molecule has 2 aromatic heterocycles.